The number of nitrogens with zero attached hydrogens (tertiary/aromatic N) is 1. The van der Waals surface area contributed by atoms with Crippen LogP contribution < -0.4 is 0 Å². The molecule has 0 atom stereocenters. The lowest BCUT2D eigenvalue weighted by Crippen LogP contribution is -2.02. The van der Waals surface area contributed by atoms with Gasteiger partial charge in [-0.05, 0) is 30.3 Å². The van der Waals surface area contributed by atoms with Crippen LogP contribution in [-0.2, 0) is 0 Å². The molecule has 0 unspecified atom stereocenters. The van der Waals surface area contributed by atoms with E-state index in [1.165, 1.54) is 11.8 Å². The first-order valence-corrected chi connectivity index (χ1v) is 7.45. The van der Waals surface area contributed by atoms with E-state index in [1.54, 1.807) is 36.4 Å². The van der Waals surface area contributed by atoms with Crippen LogP contribution in [0.2, 0.25) is 10.0 Å². The van der Waals surface area contributed by atoms with Gasteiger partial charge in [0.1, 0.15) is 0 Å². The van der Waals surface area contributed by atoms with Gasteiger partial charge < -0.3 is 0 Å². The molecule has 0 N–H and O–H groups in total. The van der Waals surface area contributed by atoms with E-state index in [-0.39, 0.29) is 5.78 Å². The van der Waals surface area contributed by atoms with E-state index in [9.17, 15) is 4.79 Å². The lowest BCUT2D eigenvalue weighted by Gasteiger charge is -2.03. The summed E-state index contributed by atoms with van der Waals surface area (Å²) in [5.74, 6) is 0.315. The van der Waals surface area contributed by atoms with Crippen molar-refractivity contribution in [2.75, 3.05) is 5.75 Å². The van der Waals surface area contributed by atoms with Crippen molar-refractivity contribution >= 4 is 40.7 Å². The third-order valence-electron chi connectivity index (χ3n) is 2.60. The van der Waals surface area contributed by atoms with E-state index in [1.807, 2.05) is 12.1 Å². The van der Waals surface area contributed by atoms with Crippen molar-refractivity contribution < 1.29 is 4.79 Å². The average Bonchev–Trinajstić information content (AvgIpc) is 2.48. The van der Waals surface area contributed by atoms with E-state index >= 15 is 0 Å². The summed E-state index contributed by atoms with van der Waals surface area (Å²) in [6.07, 6.45) is 0. The van der Waals surface area contributed by atoms with Crippen LogP contribution in [-0.4, -0.2) is 11.5 Å². The lowest BCUT2D eigenvalue weighted by atomic mass is 10.1. The van der Waals surface area contributed by atoms with Crippen LogP contribution in [0.4, 0.5) is 0 Å². The SMILES string of the molecule is N#Cc1ccc(C(=O)CSc2ccc(Cl)c(Cl)c2)cc1. The van der Waals surface area contributed by atoms with E-state index in [2.05, 4.69) is 0 Å². The minimum absolute atomic E-state index is 0.00515. The zero-order valence-electron chi connectivity index (χ0n) is 10.3. The first-order valence-electron chi connectivity index (χ1n) is 5.71. The molecule has 0 aromatic heterocycles. The smallest absolute Gasteiger partial charge is 0.173 e. The molecular weight excluding hydrogens is 313 g/mol. The van der Waals surface area contributed by atoms with Crippen molar-refractivity contribution in [3.05, 3.63) is 63.6 Å². The average molecular weight is 322 g/mol. The van der Waals surface area contributed by atoms with Gasteiger partial charge in [-0.15, -0.1) is 11.8 Å². The molecule has 0 aliphatic heterocycles. The molecule has 5 heteroatoms. The summed E-state index contributed by atoms with van der Waals surface area (Å²) >= 11 is 13.2. The number of carbonyl (C=O) groups excluding carboxylic acids is 1. The maximum atomic E-state index is 12.0. The van der Waals surface area contributed by atoms with Gasteiger partial charge in [0.2, 0.25) is 0 Å². The fourth-order valence-corrected chi connectivity index (χ4v) is 2.72. The molecule has 20 heavy (non-hydrogen) atoms. The molecule has 0 radical (unpaired) electrons. The quantitative estimate of drug-likeness (QED) is 0.597. The number of hydrogen-bond acceptors (Lipinski definition) is 3. The number of hydrogen-bond donors (Lipinski definition) is 0. The van der Waals surface area contributed by atoms with Crippen LogP contribution >= 0.6 is 35.0 Å². The van der Waals surface area contributed by atoms with Crippen molar-refractivity contribution in [3.8, 4) is 6.07 Å². The number of carbonyl (C=O) groups is 1. The first-order chi connectivity index (χ1) is 9.60. The van der Waals surface area contributed by atoms with Gasteiger partial charge in [-0.25, -0.2) is 0 Å². The van der Waals surface area contributed by atoms with Gasteiger partial charge >= 0.3 is 0 Å². The highest BCUT2D eigenvalue weighted by molar-refractivity contribution is 8.00. The minimum atomic E-state index is 0.00515. The predicted octanol–water partition coefficient (Wildman–Crippen LogP) is 4.84. The third kappa shape index (κ3) is 3.77. The molecule has 0 aliphatic carbocycles. The highest BCUT2D eigenvalue weighted by Crippen LogP contribution is 2.28. The second-order valence-corrected chi connectivity index (χ2v) is 5.84. The molecule has 2 aromatic rings. The molecule has 2 aromatic carbocycles. The first kappa shape index (κ1) is 14.9. The molecule has 0 aliphatic rings. The van der Waals surface area contributed by atoms with Crippen LogP contribution in [0.1, 0.15) is 15.9 Å². The molecular formula is C15H9Cl2NOS. The summed E-state index contributed by atoms with van der Waals surface area (Å²) in [6.45, 7) is 0. The maximum Gasteiger partial charge on any atom is 0.173 e. The highest BCUT2D eigenvalue weighted by Gasteiger charge is 2.07. The fraction of sp³-hybridized carbons (Fsp3) is 0.0667. The van der Waals surface area contributed by atoms with Gasteiger partial charge in [0.15, 0.2) is 5.78 Å². The Morgan fingerprint density at radius 3 is 2.40 bits per heavy atom. The molecule has 2 rings (SSSR count). The monoisotopic (exact) mass is 321 g/mol. The maximum absolute atomic E-state index is 12.0. The van der Waals surface area contributed by atoms with Gasteiger partial charge in [0.05, 0.1) is 27.4 Å². The Kier molecular flexibility index (Phi) is 5.08. The third-order valence-corrected chi connectivity index (χ3v) is 4.33. The van der Waals surface area contributed by atoms with Crippen LogP contribution in [0.3, 0.4) is 0 Å². The van der Waals surface area contributed by atoms with Crippen LogP contribution in [0.5, 0.6) is 0 Å². The van der Waals surface area contributed by atoms with Crippen LogP contribution in [0.25, 0.3) is 0 Å². The standard InChI is InChI=1S/C15H9Cl2NOS/c16-13-6-5-12(7-14(13)17)20-9-15(19)11-3-1-10(8-18)2-4-11/h1-7H,9H2. The second kappa shape index (κ2) is 6.81. The molecule has 0 spiro atoms. The number of rotatable bonds is 4. The van der Waals surface area contributed by atoms with Gasteiger partial charge in [-0.2, -0.15) is 5.26 Å². The number of halogens is 2. The van der Waals surface area contributed by atoms with Crippen molar-refractivity contribution in [3.63, 3.8) is 0 Å². The number of nitriles is 1. The summed E-state index contributed by atoms with van der Waals surface area (Å²) in [5, 5.41) is 9.67. The Hall–Kier alpha value is -1.47. The normalized spacial score (nSPS) is 10.1. The van der Waals surface area contributed by atoms with E-state index in [0.717, 1.165) is 4.90 Å². The number of Topliss-reactive ketones (excluding diaryl/α,β-unsaturated/α-hetero) is 1. The molecule has 100 valence electrons. The van der Waals surface area contributed by atoms with Crippen molar-refractivity contribution in [2.24, 2.45) is 0 Å². The fourth-order valence-electron chi connectivity index (χ4n) is 1.53. The van der Waals surface area contributed by atoms with E-state index < -0.39 is 0 Å². The second-order valence-electron chi connectivity index (χ2n) is 3.98. The highest BCUT2D eigenvalue weighted by atomic mass is 35.5. The summed E-state index contributed by atoms with van der Waals surface area (Å²) < 4.78 is 0. The van der Waals surface area contributed by atoms with E-state index in [0.29, 0.717) is 26.9 Å². The van der Waals surface area contributed by atoms with Gasteiger partial charge in [0.25, 0.3) is 0 Å². The van der Waals surface area contributed by atoms with Gasteiger partial charge in [-0.1, -0.05) is 35.3 Å². The molecule has 0 amide bonds. The molecule has 0 saturated heterocycles. The minimum Gasteiger partial charge on any atom is -0.293 e. The molecule has 2 nitrogen and oxygen atoms in total. The van der Waals surface area contributed by atoms with Crippen molar-refractivity contribution in [1.82, 2.24) is 0 Å². The Labute approximate surface area is 131 Å². The number of benzene rings is 2. The van der Waals surface area contributed by atoms with Gasteiger partial charge in [-0.3, -0.25) is 4.79 Å². The van der Waals surface area contributed by atoms with Crippen LogP contribution in [0, 0.1) is 11.3 Å². The topological polar surface area (TPSA) is 40.9 Å². The Morgan fingerprint density at radius 2 is 1.80 bits per heavy atom. The number of ketones is 1. The zero-order chi connectivity index (χ0) is 14.5. The summed E-state index contributed by atoms with van der Waals surface area (Å²) in [4.78, 5) is 12.9. The van der Waals surface area contributed by atoms with Crippen molar-refractivity contribution in [1.29, 1.82) is 5.26 Å². The summed E-state index contributed by atoms with van der Waals surface area (Å²) in [7, 11) is 0. The molecule has 0 saturated carbocycles. The summed E-state index contributed by atoms with van der Waals surface area (Å²) in [6, 6.07) is 13.9. The predicted molar refractivity (Wildman–Crippen MR) is 82.7 cm³/mol. The van der Waals surface area contributed by atoms with Crippen LogP contribution in [0.15, 0.2) is 47.4 Å². The molecule has 0 heterocycles. The van der Waals surface area contributed by atoms with Crippen molar-refractivity contribution in [2.45, 2.75) is 4.90 Å². The zero-order valence-corrected chi connectivity index (χ0v) is 12.6. The lowest BCUT2D eigenvalue weighted by molar-refractivity contribution is 0.102. The number of thioether (sulfide) groups is 1. The van der Waals surface area contributed by atoms with E-state index in [4.69, 9.17) is 28.5 Å². The Morgan fingerprint density at radius 1 is 1.10 bits per heavy atom. The Bertz CT molecular complexity index is 677. The molecule has 0 bridgehead atoms. The summed E-state index contributed by atoms with van der Waals surface area (Å²) in [5.41, 5.74) is 1.13. The molecule has 0 fully saturated rings. The Balaban J connectivity index is 2.01. The van der Waals surface area contributed by atoms with Gasteiger partial charge in [0, 0.05) is 10.5 Å². The largest absolute Gasteiger partial charge is 0.293 e.